The summed E-state index contributed by atoms with van der Waals surface area (Å²) in [7, 11) is 2.01. The van der Waals surface area contributed by atoms with E-state index in [0.717, 1.165) is 32.2 Å². The van der Waals surface area contributed by atoms with Gasteiger partial charge in [0.15, 0.2) is 0 Å². The number of aliphatic hydroxyl groups excluding tert-OH is 2. The van der Waals surface area contributed by atoms with Crippen LogP contribution in [0.15, 0.2) is 23.8 Å². The van der Waals surface area contributed by atoms with E-state index in [4.69, 9.17) is 0 Å². The SMILES string of the molecule is CCCCC[C@H](O)/C=C/[C@@H]1[C@H]2C/C(=C/CCCCNC)C[C@H]2C[C@H]1O. The first-order chi connectivity index (χ1) is 12.2. The maximum atomic E-state index is 10.4. The quantitative estimate of drug-likeness (QED) is 0.387. The third-order valence-electron chi connectivity index (χ3n) is 6.08. The molecule has 3 heteroatoms. The van der Waals surface area contributed by atoms with Crippen LogP contribution in [0.4, 0.5) is 0 Å². The van der Waals surface area contributed by atoms with Crippen LogP contribution in [-0.4, -0.2) is 36.0 Å². The zero-order valence-corrected chi connectivity index (χ0v) is 16.3. The Morgan fingerprint density at radius 1 is 1.20 bits per heavy atom. The number of hydrogen-bond donors (Lipinski definition) is 3. The molecule has 0 aliphatic heterocycles. The molecule has 0 radical (unpaired) electrons. The molecule has 2 aliphatic rings. The van der Waals surface area contributed by atoms with Gasteiger partial charge >= 0.3 is 0 Å². The molecule has 0 aromatic carbocycles. The van der Waals surface area contributed by atoms with Crippen LogP contribution in [-0.2, 0) is 0 Å². The van der Waals surface area contributed by atoms with Crippen LogP contribution in [0.3, 0.4) is 0 Å². The van der Waals surface area contributed by atoms with Crippen molar-refractivity contribution in [1.82, 2.24) is 5.32 Å². The van der Waals surface area contributed by atoms with Crippen molar-refractivity contribution < 1.29 is 10.2 Å². The van der Waals surface area contributed by atoms with Crippen molar-refractivity contribution in [3.63, 3.8) is 0 Å². The lowest BCUT2D eigenvalue weighted by Crippen LogP contribution is -2.17. The summed E-state index contributed by atoms with van der Waals surface area (Å²) in [6.45, 7) is 3.29. The molecule has 144 valence electrons. The van der Waals surface area contributed by atoms with Crippen molar-refractivity contribution in [3.8, 4) is 0 Å². The second kappa shape index (κ2) is 11.2. The maximum Gasteiger partial charge on any atom is 0.0721 e. The minimum absolute atomic E-state index is 0.216. The minimum atomic E-state index is -0.346. The van der Waals surface area contributed by atoms with Crippen molar-refractivity contribution in [2.45, 2.75) is 83.3 Å². The number of nitrogens with one attached hydrogen (secondary N) is 1. The average Bonchev–Trinajstić information content (AvgIpc) is 3.09. The second-order valence-electron chi connectivity index (χ2n) is 8.12. The van der Waals surface area contributed by atoms with Gasteiger partial charge < -0.3 is 15.5 Å². The molecule has 2 saturated carbocycles. The molecule has 0 unspecified atom stereocenters. The lowest BCUT2D eigenvalue weighted by molar-refractivity contribution is 0.139. The molecule has 3 N–H and O–H groups in total. The summed E-state index contributed by atoms with van der Waals surface area (Å²) in [6, 6.07) is 0. The lowest BCUT2D eigenvalue weighted by atomic mass is 9.90. The Morgan fingerprint density at radius 3 is 2.80 bits per heavy atom. The van der Waals surface area contributed by atoms with Gasteiger partial charge in [0, 0.05) is 5.92 Å². The van der Waals surface area contributed by atoms with Crippen LogP contribution in [0.2, 0.25) is 0 Å². The summed E-state index contributed by atoms with van der Waals surface area (Å²) >= 11 is 0. The molecule has 0 bridgehead atoms. The van der Waals surface area contributed by atoms with Gasteiger partial charge in [-0.3, -0.25) is 0 Å². The van der Waals surface area contributed by atoms with E-state index in [1.807, 2.05) is 13.1 Å². The molecule has 0 aromatic heterocycles. The smallest absolute Gasteiger partial charge is 0.0721 e. The lowest BCUT2D eigenvalue weighted by Gasteiger charge is -2.17. The largest absolute Gasteiger partial charge is 0.392 e. The van der Waals surface area contributed by atoms with E-state index < -0.39 is 0 Å². The molecule has 25 heavy (non-hydrogen) atoms. The summed E-state index contributed by atoms with van der Waals surface area (Å²) in [5.41, 5.74) is 1.60. The van der Waals surface area contributed by atoms with Gasteiger partial charge in [0.2, 0.25) is 0 Å². The Bertz CT molecular complexity index is 432. The van der Waals surface area contributed by atoms with Crippen LogP contribution >= 0.6 is 0 Å². The Labute approximate surface area is 154 Å². The highest BCUT2D eigenvalue weighted by Crippen LogP contribution is 2.50. The summed E-state index contributed by atoms with van der Waals surface area (Å²) in [6.07, 6.45) is 17.2. The third-order valence-corrected chi connectivity index (χ3v) is 6.08. The monoisotopic (exact) mass is 349 g/mol. The van der Waals surface area contributed by atoms with Crippen molar-refractivity contribution in [1.29, 1.82) is 0 Å². The summed E-state index contributed by atoms with van der Waals surface area (Å²) in [4.78, 5) is 0. The number of aliphatic hydroxyl groups is 2. The molecule has 0 amide bonds. The molecule has 2 aliphatic carbocycles. The van der Waals surface area contributed by atoms with E-state index >= 15 is 0 Å². The Hall–Kier alpha value is -0.640. The Kier molecular flexibility index (Phi) is 9.22. The van der Waals surface area contributed by atoms with Crippen LogP contribution in [0.25, 0.3) is 0 Å². The summed E-state index contributed by atoms with van der Waals surface area (Å²) in [5.74, 6) is 1.46. The molecule has 5 atom stereocenters. The standard InChI is InChI=1S/C22H39NO2/c1-3-4-6-10-19(24)11-12-20-21-15-17(9-7-5-8-13-23-2)14-18(21)16-22(20)25/h9,11-12,18-25H,3-8,10,13-16H2,1-2H3/b12-11+,17-9+/t18-,19-,20+,21-,22+/m0/s1. The first-order valence-electron chi connectivity index (χ1n) is 10.5. The molecule has 0 saturated heterocycles. The van der Waals surface area contributed by atoms with E-state index in [0.29, 0.717) is 11.8 Å². The van der Waals surface area contributed by atoms with Crippen molar-refractivity contribution >= 4 is 0 Å². The van der Waals surface area contributed by atoms with Gasteiger partial charge in [0.05, 0.1) is 12.2 Å². The predicted octanol–water partition coefficient (Wildman–Crippen LogP) is 4.21. The van der Waals surface area contributed by atoms with Crippen LogP contribution < -0.4 is 5.32 Å². The minimum Gasteiger partial charge on any atom is -0.392 e. The Balaban J connectivity index is 1.80. The molecule has 0 heterocycles. The van der Waals surface area contributed by atoms with Gasteiger partial charge in [-0.15, -0.1) is 0 Å². The molecule has 0 spiro atoms. The molecule has 0 aromatic rings. The van der Waals surface area contributed by atoms with Gasteiger partial charge in [0.1, 0.15) is 0 Å². The molecular formula is C22H39NO2. The van der Waals surface area contributed by atoms with E-state index in [9.17, 15) is 10.2 Å². The number of allylic oxidation sites excluding steroid dienone is 2. The number of fused-ring (bicyclic) bond motifs is 1. The first-order valence-corrected chi connectivity index (χ1v) is 10.5. The fourth-order valence-corrected chi connectivity index (χ4v) is 4.65. The molecular weight excluding hydrogens is 310 g/mol. The predicted molar refractivity (Wildman–Crippen MR) is 105 cm³/mol. The maximum absolute atomic E-state index is 10.4. The third kappa shape index (κ3) is 6.54. The number of rotatable bonds is 11. The number of unbranched alkanes of at least 4 members (excludes halogenated alkanes) is 4. The zero-order valence-electron chi connectivity index (χ0n) is 16.3. The zero-order chi connectivity index (χ0) is 18.1. The van der Waals surface area contributed by atoms with E-state index in [2.05, 4.69) is 24.4 Å². The topological polar surface area (TPSA) is 52.5 Å². The Morgan fingerprint density at radius 2 is 2.04 bits per heavy atom. The van der Waals surface area contributed by atoms with Crippen LogP contribution in [0, 0.1) is 17.8 Å². The number of hydrogen-bond acceptors (Lipinski definition) is 3. The van der Waals surface area contributed by atoms with E-state index in [1.54, 1.807) is 5.57 Å². The highest BCUT2D eigenvalue weighted by atomic mass is 16.3. The van der Waals surface area contributed by atoms with Crippen LogP contribution in [0.5, 0.6) is 0 Å². The fourth-order valence-electron chi connectivity index (χ4n) is 4.65. The second-order valence-corrected chi connectivity index (χ2v) is 8.12. The van der Waals surface area contributed by atoms with Gasteiger partial charge in [-0.2, -0.15) is 0 Å². The molecule has 3 nitrogen and oxygen atoms in total. The highest BCUT2D eigenvalue weighted by molar-refractivity contribution is 5.17. The van der Waals surface area contributed by atoms with E-state index in [1.165, 1.54) is 38.5 Å². The van der Waals surface area contributed by atoms with Crippen molar-refractivity contribution in [2.75, 3.05) is 13.6 Å². The van der Waals surface area contributed by atoms with Crippen molar-refractivity contribution in [3.05, 3.63) is 23.8 Å². The van der Waals surface area contributed by atoms with Gasteiger partial charge in [-0.05, 0) is 70.4 Å². The first kappa shape index (κ1) is 20.7. The summed E-state index contributed by atoms with van der Waals surface area (Å²) < 4.78 is 0. The van der Waals surface area contributed by atoms with Gasteiger partial charge in [-0.25, -0.2) is 0 Å². The molecule has 2 fully saturated rings. The molecule has 2 rings (SSSR count). The van der Waals surface area contributed by atoms with Gasteiger partial charge in [-0.1, -0.05) is 50.0 Å². The van der Waals surface area contributed by atoms with Crippen LogP contribution in [0.1, 0.15) is 71.1 Å². The van der Waals surface area contributed by atoms with E-state index in [-0.39, 0.29) is 18.1 Å². The van der Waals surface area contributed by atoms with Gasteiger partial charge in [0.25, 0.3) is 0 Å². The average molecular weight is 350 g/mol. The fraction of sp³-hybridized carbons (Fsp3) is 0.818. The highest BCUT2D eigenvalue weighted by Gasteiger charge is 2.44. The normalized spacial score (nSPS) is 31.9. The van der Waals surface area contributed by atoms with Crippen molar-refractivity contribution in [2.24, 2.45) is 17.8 Å². The summed E-state index contributed by atoms with van der Waals surface area (Å²) in [5, 5.41) is 23.7.